The van der Waals surface area contributed by atoms with E-state index in [4.69, 9.17) is 17.3 Å². The van der Waals surface area contributed by atoms with Gasteiger partial charge >= 0.3 is 22.4 Å². The van der Waals surface area contributed by atoms with Gasteiger partial charge in [0.2, 0.25) is 0 Å². The number of aromatic nitrogens is 4. The van der Waals surface area contributed by atoms with Crippen molar-refractivity contribution in [3.8, 4) is 17.2 Å². The number of rotatable bonds is 6. The summed E-state index contributed by atoms with van der Waals surface area (Å²) < 4.78 is 74.1. The largest absolute Gasteiger partial charge is 0.420 e. The zero-order valence-corrected chi connectivity index (χ0v) is 24.8. The summed E-state index contributed by atoms with van der Waals surface area (Å²) in [4.78, 5) is 15.6. The van der Waals surface area contributed by atoms with Crippen LogP contribution in [0, 0.1) is 13.8 Å². The van der Waals surface area contributed by atoms with Crippen LogP contribution in [0.1, 0.15) is 40.8 Å². The predicted octanol–water partition coefficient (Wildman–Crippen LogP) is 6.65. The van der Waals surface area contributed by atoms with Crippen LogP contribution in [0.5, 0.6) is 0 Å². The van der Waals surface area contributed by atoms with Crippen LogP contribution < -0.4 is 5.73 Å². The molecule has 5 rings (SSSR count). The van der Waals surface area contributed by atoms with Crippen LogP contribution in [0.2, 0.25) is 5.02 Å². The van der Waals surface area contributed by atoms with E-state index in [2.05, 4.69) is 14.3 Å². The number of halogens is 4. The maximum Gasteiger partial charge on any atom is 0.420 e. The molecule has 0 bridgehead atoms. The van der Waals surface area contributed by atoms with Gasteiger partial charge in [-0.1, -0.05) is 48.4 Å². The van der Waals surface area contributed by atoms with E-state index in [0.717, 1.165) is 17.3 Å². The Bertz CT molecular complexity index is 1980. The second-order valence-electron chi connectivity index (χ2n) is 10.1. The van der Waals surface area contributed by atoms with Gasteiger partial charge in [0.05, 0.1) is 21.6 Å². The molecule has 1 amide bonds. The van der Waals surface area contributed by atoms with Crippen molar-refractivity contribution in [2.24, 2.45) is 12.8 Å². The van der Waals surface area contributed by atoms with Crippen LogP contribution in [-0.4, -0.2) is 33.8 Å². The standard InChI is InChI=1S/C29H25ClF3N5O4S/c1-15-5-10-26(43(40,41)42-28(34)39)20(11-15)17(3)18-6-8-19(9-7-18)38-25-14-22(30)21(29(31,32)33)13-23(25)35-27(38)24-12-16(2)37(4)36-24/h5-14,17H,1-4H3,(H2,34,39). The van der Waals surface area contributed by atoms with Gasteiger partial charge < -0.3 is 9.92 Å². The van der Waals surface area contributed by atoms with E-state index < -0.39 is 38.9 Å². The molecular formula is C29H25ClF3N5O4S. The van der Waals surface area contributed by atoms with Gasteiger partial charge in [-0.2, -0.15) is 26.7 Å². The molecule has 1 atom stereocenters. The Morgan fingerprint density at radius 1 is 1.05 bits per heavy atom. The second-order valence-corrected chi connectivity index (χ2v) is 12.0. The third-order valence-corrected chi connectivity index (χ3v) is 8.74. The fourth-order valence-electron chi connectivity index (χ4n) is 4.90. The molecule has 0 spiro atoms. The van der Waals surface area contributed by atoms with Crippen molar-refractivity contribution in [1.82, 2.24) is 19.3 Å². The molecule has 0 aliphatic heterocycles. The summed E-state index contributed by atoms with van der Waals surface area (Å²) >= 11 is 6.09. The van der Waals surface area contributed by atoms with Gasteiger partial charge in [-0.15, -0.1) is 0 Å². The molecule has 2 heterocycles. The number of fused-ring (bicyclic) bond motifs is 1. The molecule has 43 heavy (non-hydrogen) atoms. The Labute approximate surface area is 249 Å². The second kappa shape index (κ2) is 10.7. The fourth-order valence-corrected chi connectivity index (χ4v) is 6.23. The van der Waals surface area contributed by atoms with Gasteiger partial charge in [-0.25, -0.2) is 9.78 Å². The molecular weight excluding hydrogens is 607 g/mol. The lowest BCUT2D eigenvalue weighted by Gasteiger charge is -2.18. The highest BCUT2D eigenvalue weighted by Gasteiger charge is 2.34. The van der Waals surface area contributed by atoms with Gasteiger partial charge in [0.15, 0.2) is 5.82 Å². The Kier molecular flexibility index (Phi) is 7.51. The third kappa shape index (κ3) is 5.69. The number of aryl methyl sites for hydroxylation is 3. The highest BCUT2D eigenvalue weighted by Crippen LogP contribution is 2.39. The summed E-state index contributed by atoms with van der Waals surface area (Å²) in [5, 5.41) is 4.01. The molecule has 3 aromatic carbocycles. The SMILES string of the molecule is Cc1ccc(S(=O)(=O)OC(N)=O)c(C(C)c2ccc(-n3c(-c4cc(C)n(C)n4)nc4cc(C(F)(F)F)c(Cl)cc43)cc2)c1. The van der Waals surface area contributed by atoms with Crippen molar-refractivity contribution in [2.45, 2.75) is 37.8 Å². The minimum Gasteiger partial charge on any atom is -0.334 e. The first kappa shape index (κ1) is 30.1. The van der Waals surface area contributed by atoms with E-state index in [-0.39, 0.29) is 10.4 Å². The van der Waals surface area contributed by atoms with E-state index in [1.165, 1.54) is 12.1 Å². The molecule has 5 aromatic rings. The van der Waals surface area contributed by atoms with Gasteiger partial charge in [-0.05, 0) is 61.4 Å². The van der Waals surface area contributed by atoms with E-state index >= 15 is 0 Å². The number of carbonyl (C=O) groups is 1. The number of primary amides is 1. The monoisotopic (exact) mass is 631 g/mol. The number of carbonyl (C=O) groups excluding carboxylic acids is 1. The van der Waals surface area contributed by atoms with Gasteiger partial charge in [0.1, 0.15) is 10.6 Å². The summed E-state index contributed by atoms with van der Waals surface area (Å²) in [7, 11) is -2.73. The molecule has 0 saturated heterocycles. The summed E-state index contributed by atoms with van der Waals surface area (Å²) in [6, 6.07) is 15.5. The average molecular weight is 632 g/mol. The highest BCUT2D eigenvalue weighted by molar-refractivity contribution is 7.87. The highest BCUT2D eigenvalue weighted by atomic mass is 35.5. The average Bonchev–Trinajstić information content (AvgIpc) is 3.45. The van der Waals surface area contributed by atoms with Crippen molar-refractivity contribution in [1.29, 1.82) is 0 Å². The topological polar surface area (TPSA) is 122 Å². The number of amides is 1. The molecule has 1 unspecified atom stereocenters. The third-order valence-electron chi connectivity index (χ3n) is 7.14. The number of imidazole rings is 1. The lowest BCUT2D eigenvalue weighted by Crippen LogP contribution is -2.20. The predicted molar refractivity (Wildman–Crippen MR) is 155 cm³/mol. The lowest BCUT2D eigenvalue weighted by molar-refractivity contribution is -0.137. The molecule has 0 aliphatic carbocycles. The van der Waals surface area contributed by atoms with Crippen LogP contribution in [0.3, 0.4) is 0 Å². The summed E-state index contributed by atoms with van der Waals surface area (Å²) in [6.07, 6.45) is -6.11. The molecule has 0 radical (unpaired) electrons. The minimum atomic E-state index is -4.67. The molecule has 224 valence electrons. The van der Waals surface area contributed by atoms with Crippen molar-refractivity contribution in [3.63, 3.8) is 0 Å². The number of nitrogens with two attached hydrogens (primary N) is 1. The first-order valence-electron chi connectivity index (χ1n) is 12.8. The zero-order valence-electron chi connectivity index (χ0n) is 23.3. The van der Waals surface area contributed by atoms with E-state index in [9.17, 15) is 26.4 Å². The van der Waals surface area contributed by atoms with Gasteiger partial charge in [0.25, 0.3) is 0 Å². The van der Waals surface area contributed by atoms with Crippen molar-refractivity contribution in [2.75, 3.05) is 0 Å². The van der Waals surface area contributed by atoms with E-state index in [0.29, 0.717) is 33.8 Å². The van der Waals surface area contributed by atoms with E-state index in [1.807, 2.05) is 6.92 Å². The maximum absolute atomic E-state index is 13.6. The summed E-state index contributed by atoms with van der Waals surface area (Å²) in [6.45, 7) is 5.43. The van der Waals surface area contributed by atoms with Crippen LogP contribution >= 0.6 is 11.6 Å². The Balaban J connectivity index is 1.64. The smallest absolute Gasteiger partial charge is 0.334 e. The first-order valence-corrected chi connectivity index (χ1v) is 14.6. The quantitative estimate of drug-likeness (QED) is 0.209. The lowest BCUT2D eigenvalue weighted by atomic mass is 9.92. The number of benzene rings is 3. The molecule has 2 aromatic heterocycles. The zero-order chi connectivity index (χ0) is 31.4. The van der Waals surface area contributed by atoms with Crippen LogP contribution in [0.25, 0.3) is 28.2 Å². The Morgan fingerprint density at radius 2 is 1.72 bits per heavy atom. The van der Waals surface area contributed by atoms with Gasteiger partial charge in [-0.3, -0.25) is 9.25 Å². The van der Waals surface area contributed by atoms with Gasteiger partial charge in [0, 0.05) is 24.3 Å². The van der Waals surface area contributed by atoms with Crippen LogP contribution in [0.4, 0.5) is 18.0 Å². The number of hydrogen-bond donors (Lipinski definition) is 1. The number of hydrogen-bond acceptors (Lipinski definition) is 6. The van der Waals surface area contributed by atoms with Crippen LogP contribution in [-0.2, 0) is 27.5 Å². The molecule has 9 nitrogen and oxygen atoms in total. The first-order chi connectivity index (χ1) is 20.1. The number of nitrogens with zero attached hydrogens (tertiary/aromatic N) is 4. The molecule has 14 heteroatoms. The normalized spacial score (nSPS) is 12.9. The summed E-state index contributed by atoms with van der Waals surface area (Å²) in [5.74, 6) is -0.165. The van der Waals surface area contributed by atoms with Crippen molar-refractivity contribution in [3.05, 3.63) is 93.6 Å². The maximum atomic E-state index is 13.6. The fraction of sp³-hybridized carbons (Fsp3) is 0.207. The number of alkyl halides is 3. The Hall–Kier alpha value is -4.36. The molecule has 0 aliphatic rings. The molecule has 0 saturated carbocycles. The Morgan fingerprint density at radius 3 is 2.30 bits per heavy atom. The van der Waals surface area contributed by atoms with Crippen molar-refractivity contribution < 1.29 is 30.6 Å². The molecule has 2 N–H and O–H groups in total. The molecule has 0 fully saturated rings. The van der Waals surface area contributed by atoms with Crippen molar-refractivity contribution >= 4 is 38.8 Å². The van der Waals surface area contributed by atoms with E-state index in [1.54, 1.807) is 72.6 Å². The minimum absolute atomic E-state index is 0.0801. The summed E-state index contributed by atoms with van der Waals surface area (Å²) in [5.41, 5.74) is 8.10. The van der Waals surface area contributed by atoms with Crippen LogP contribution in [0.15, 0.2) is 65.6 Å².